The number of ether oxygens (including phenoxy) is 4. The zero-order valence-electron chi connectivity index (χ0n) is 16.7. The van der Waals surface area contributed by atoms with Gasteiger partial charge in [-0.25, -0.2) is 4.79 Å². The molecule has 7 atom stereocenters. The fourth-order valence-corrected chi connectivity index (χ4v) is 5.04. The molecule has 0 radical (unpaired) electrons. The maximum Gasteiger partial charge on any atom is 0.338 e. The van der Waals surface area contributed by atoms with Crippen LogP contribution in [0.25, 0.3) is 0 Å². The van der Waals surface area contributed by atoms with Gasteiger partial charge in [0.05, 0.1) is 29.5 Å². The highest BCUT2D eigenvalue weighted by molar-refractivity contribution is 6.30. The molecule has 6 heteroatoms. The van der Waals surface area contributed by atoms with E-state index in [-0.39, 0.29) is 41.4 Å². The number of hydrogen-bond acceptors (Lipinski definition) is 5. The lowest BCUT2D eigenvalue weighted by Gasteiger charge is -2.25. The molecule has 3 saturated heterocycles. The molecule has 4 fully saturated rings. The number of fused-ring (bicyclic) bond motifs is 3. The first-order chi connectivity index (χ1) is 13.1. The lowest BCUT2D eigenvalue weighted by molar-refractivity contribution is -0.00184. The van der Waals surface area contributed by atoms with Crippen molar-refractivity contribution in [1.82, 2.24) is 0 Å². The van der Waals surface area contributed by atoms with Crippen LogP contribution in [0.4, 0.5) is 0 Å². The number of halogens is 1. The highest BCUT2D eigenvalue weighted by Crippen LogP contribution is 2.57. The average molecular weight is 407 g/mol. The van der Waals surface area contributed by atoms with Crippen molar-refractivity contribution >= 4 is 17.6 Å². The Hall–Kier alpha value is -1.14. The summed E-state index contributed by atoms with van der Waals surface area (Å²) in [6.07, 6.45) is 2.60. The van der Waals surface area contributed by atoms with Crippen LogP contribution < -0.4 is 0 Å². The summed E-state index contributed by atoms with van der Waals surface area (Å²) in [5.41, 5.74) is -0.141. The fourth-order valence-electron chi connectivity index (χ4n) is 4.91. The highest BCUT2D eigenvalue weighted by atomic mass is 35.5. The Kier molecular flexibility index (Phi) is 4.00. The Labute approximate surface area is 170 Å². The minimum atomic E-state index is -0.511. The normalized spacial score (nSPS) is 45.5. The van der Waals surface area contributed by atoms with E-state index in [0.717, 1.165) is 19.3 Å². The molecule has 3 aliphatic heterocycles. The zero-order chi connectivity index (χ0) is 19.9. The molecular formula is C22H27ClO5. The van der Waals surface area contributed by atoms with E-state index in [0.29, 0.717) is 10.6 Å². The topological polar surface area (TPSA) is 63.9 Å². The second-order valence-electron chi connectivity index (χ2n) is 9.79. The maximum atomic E-state index is 12.8. The number of carbonyl (C=O) groups excluding carboxylic acids is 1. The van der Waals surface area contributed by atoms with Gasteiger partial charge in [-0.05, 0) is 62.8 Å². The van der Waals surface area contributed by atoms with Crippen molar-refractivity contribution < 1.29 is 23.7 Å². The number of benzene rings is 1. The average Bonchev–Trinajstić information content (AvgIpc) is 3.54. The maximum absolute atomic E-state index is 12.8. The summed E-state index contributed by atoms with van der Waals surface area (Å²) in [4.78, 5) is 12.8. The zero-order valence-corrected chi connectivity index (χ0v) is 17.5. The van der Waals surface area contributed by atoms with Crippen LogP contribution in [0, 0.1) is 5.41 Å². The van der Waals surface area contributed by atoms with Gasteiger partial charge in [0, 0.05) is 5.02 Å². The van der Waals surface area contributed by atoms with E-state index in [9.17, 15) is 4.79 Å². The monoisotopic (exact) mass is 406 g/mol. The van der Waals surface area contributed by atoms with Crippen LogP contribution in [0.15, 0.2) is 24.3 Å². The van der Waals surface area contributed by atoms with Gasteiger partial charge in [-0.15, -0.1) is 0 Å². The van der Waals surface area contributed by atoms with Crippen LogP contribution >= 0.6 is 11.6 Å². The van der Waals surface area contributed by atoms with Crippen LogP contribution in [0.3, 0.4) is 0 Å². The molecule has 1 aromatic rings. The van der Waals surface area contributed by atoms with Crippen molar-refractivity contribution in [1.29, 1.82) is 0 Å². The van der Waals surface area contributed by atoms with Crippen LogP contribution in [0.5, 0.6) is 0 Å². The van der Waals surface area contributed by atoms with Crippen LogP contribution in [0.1, 0.15) is 57.3 Å². The molecule has 28 heavy (non-hydrogen) atoms. The van der Waals surface area contributed by atoms with Gasteiger partial charge in [-0.1, -0.05) is 25.4 Å². The standard InChI is InChI=1S/C22H27ClO5/c1-20(2)11-15-21(3,27-15)10-9-14-22(4,28-14)18(16-17(20)25-16)26-19(24)12-5-7-13(23)8-6-12/h5-8,14-18H,9-11H2,1-4H3/t14-,15-,16+,17+,18?,21-,22+/m0/s1. The molecule has 5 rings (SSSR count). The fraction of sp³-hybridized carbons (Fsp3) is 0.682. The van der Waals surface area contributed by atoms with Crippen molar-refractivity contribution in [3.05, 3.63) is 34.9 Å². The first-order valence-electron chi connectivity index (χ1n) is 10.1. The molecule has 1 aliphatic carbocycles. The van der Waals surface area contributed by atoms with E-state index in [1.54, 1.807) is 24.3 Å². The van der Waals surface area contributed by atoms with E-state index in [2.05, 4.69) is 20.8 Å². The molecule has 1 saturated carbocycles. The van der Waals surface area contributed by atoms with Gasteiger partial charge in [0.1, 0.15) is 11.7 Å². The van der Waals surface area contributed by atoms with Crippen LogP contribution in [-0.4, -0.2) is 47.7 Å². The van der Waals surface area contributed by atoms with Gasteiger partial charge in [-0.3, -0.25) is 0 Å². The van der Waals surface area contributed by atoms with Crippen molar-refractivity contribution in [2.24, 2.45) is 5.41 Å². The minimum Gasteiger partial charge on any atom is -0.453 e. The Balaban J connectivity index is 1.39. The van der Waals surface area contributed by atoms with Crippen molar-refractivity contribution in [2.75, 3.05) is 0 Å². The minimum absolute atomic E-state index is 0.0312. The molecular weight excluding hydrogens is 380 g/mol. The van der Waals surface area contributed by atoms with Gasteiger partial charge < -0.3 is 18.9 Å². The number of esters is 1. The summed E-state index contributed by atoms with van der Waals surface area (Å²) >= 11 is 5.93. The highest BCUT2D eigenvalue weighted by Gasteiger charge is 2.70. The molecule has 1 aromatic carbocycles. The number of epoxide rings is 3. The van der Waals surface area contributed by atoms with Gasteiger partial charge in [0.2, 0.25) is 0 Å². The third-order valence-corrected chi connectivity index (χ3v) is 7.35. The molecule has 5 nitrogen and oxygen atoms in total. The van der Waals surface area contributed by atoms with Crippen molar-refractivity contribution in [2.45, 2.75) is 88.7 Å². The Morgan fingerprint density at radius 2 is 1.82 bits per heavy atom. The SMILES string of the molecule is CC1(C)C[C@@H]2O[C@@]2(C)CC[C@@H]2O[C@@]2(C)C(OC(=O)c2ccc(Cl)cc2)[C@@H]2O[C@H]21. The summed E-state index contributed by atoms with van der Waals surface area (Å²) < 4.78 is 24.2. The van der Waals surface area contributed by atoms with Crippen molar-refractivity contribution in [3.8, 4) is 0 Å². The number of rotatable bonds is 2. The van der Waals surface area contributed by atoms with Crippen LogP contribution in [0.2, 0.25) is 5.02 Å². The predicted molar refractivity (Wildman–Crippen MR) is 104 cm³/mol. The molecule has 152 valence electrons. The van der Waals surface area contributed by atoms with Gasteiger partial charge in [-0.2, -0.15) is 0 Å². The first-order valence-corrected chi connectivity index (χ1v) is 10.5. The smallest absolute Gasteiger partial charge is 0.338 e. The molecule has 0 bridgehead atoms. The molecule has 0 amide bonds. The lowest BCUT2D eigenvalue weighted by atomic mass is 9.79. The molecule has 3 heterocycles. The molecule has 4 aliphatic rings. The molecule has 0 N–H and O–H groups in total. The Morgan fingerprint density at radius 1 is 1.11 bits per heavy atom. The summed E-state index contributed by atoms with van der Waals surface area (Å²) in [6, 6.07) is 6.76. The second kappa shape index (κ2) is 5.94. The van der Waals surface area contributed by atoms with E-state index in [1.165, 1.54) is 0 Å². The van der Waals surface area contributed by atoms with Gasteiger partial charge in [0.15, 0.2) is 6.10 Å². The summed E-state index contributed by atoms with van der Waals surface area (Å²) in [5.74, 6) is -0.364. The third kappa shape index (κ3) is 3.07. The molecule has 0 aromatic heterocycles. The number of hydrogen-bond donors (Lipinski definition) is 0. The first kappa shape index (κ1) is 18.9. The van der Waals surface area contributed by atoms with E-state index in [4.69, 9.17) is 30.5 Å². The third-order valence-electron chi connectivity index (χ3n) is 7.10. The summed E-state index contributed by atoms with van der Waals surface area (Å²) in [7, 11) is 0. The van der Waals surface area contributed by atoms with E-state index >= 15 is 0 Å². The Morgan fingerprint density at radius 3 is 2.54 bits per heavy atom. The number of carbonyl (C=O) groups is 1. The second-order valence-corrected chi connectivity index (χ2v) is 10.2. The molecule has 1 unspecified atom stereocenters. The van der Waals surface area contributed by atoms with Gasteiger partial charge >= 0.3 is 5.97 Å². The van der Waals surface area contributed by atoms with Crippen molar-refractivity contribution in [3.63, 3.8) is 0 Å². The predicted octanol–water partition coefficient (Wildman–Crippen LogP) is 4.16. The van der Waals surface area contributed by atoms with Gasteiger partial charge in [0.25, 0.3) is 0 Å². The summed E-state index contributed by atoms with van der Waals surface area (Å²) in [5, 5.41) is 0.589. The largest absolute Gasteiger partial charge is 0.453 e. The Bertz CT molecular complexity index is 808. The van der Waals surface area contributed by atoms with E-state index in [1.807, 2.05) is 6.92 Å². The van der Waals surface area contributed by atoms with Crippen LogP contribution in [-0.2, 0) is 18.9 Å². The quantitative estimate of drug-likeness (QED) is 0.545. The molecule has 0 spiro atoms. The van der Waals surface area contributed by atoms with E-state index < -0.39 is 11.7 Å². The lowest BCUT2D eigenvalue weighted by Crippen LogP contribution is -2.41. The summed E-state index contributed by atoms with van der Waals surface area (Å²) in [6.45, 7) is 8.65.